The number of aliphatic carboxylic acids is 1. The van der Waals surface area contributed by atoms with Crippen LogP contribution in [0.1, 0.15) is 76.7 Å². The smallest absolute Gasteiger partial charge is 0.472 e. The van der Waals surface area contributed by atoms with Crippen LogP contribution in [0, 0.1) is 0 Å². The summed E-state index contributed by atoms with van der Waals surface area (Å²) in [6.07, 6.45) is 12.9. The number of esters is 1. The molecule has 0 saturated heterocycles. The molecule has 1 aromatic carbocycles. The lowest BCUT2D eigenvalue weighted by Crippen LogP contribution is -2.38. The Morgan fingerprint density at radius 3 is 2.49 bits per heavy atom. The van der Waals surface area contributed by atoms with E-state index in [1.165, 1.54) is 51.0 Å². The minimum absolute atomic E-state index is 0.112. The van der Waals surface area contributed by atoms with Crippen molar-refractivity contribution in [3.63, 3.8) is 0 Å². The molecule has 1 unspecified atom stereocenters. The molecule has 1 aromatic rings. The highest BCUT2D eigenvalue weighted by Gasteiger charge is 2.34. The molecule has 12 heteroatoms. The Bertz CT molecular complexity index is 988. The highest BCUT2D eigenvalue weighted by atomic mass is 31.2. The first-order valence-corrected chi connectivity index (χ1v) is 16.0. The molecule has 1 aliphatic rings. The third kappa shape index (κ3) is 15.0. The van der Waals surface area contributed by atoms with Crippen LogP contribution < -0.4 is 10.5 Å². The van der Waals surface area contributed by atoms with Gasteiger partial charge < -0.3 is 29.9 Å². The number of phosphoric ester groups is 1. The Kier molecular flexibility index (Phi) is 16.8. The van der Waals surface area contributed by atoms with Crippen LogP contribution in [0.4, 0.5) is 0 Å². The molecule has 0 saturated carbocycles. The second-order valence-corrected chi connectivity index (χ2v) is 11.5. The highest BCUT2D eigenvalue weighted by Crippen LogP contribution is 2.45. The third-order valence-electron chi connectivity index (χ3n) is 6.57. The van der Waals surface area contributed by atoms with Crippen LogP contribution in [0.5, 0.6) is 5.75 Å². The topological polar surface area (TPSA) is 164 Å². The molecule has 0 aromatic heterocycles. The monoisotopic (exact) mass is 599 g/mol. The molecule has 4 N–H and O–H groups in total. The van der Waals surface area contributed by atoms with Gasteiger partial charge in [-0.3, -0.25) is 18.6 Å². The summed E-state index contributed by atoms with van der Waals surface area (Å²) in [6, 6.07) is 6.14. The highest BCUT2D eigenvalue weighted by molar-refractivity contribution is 7.47. The summed E-state index contributed by atoms with van der Waals surface area (Å²) in [5, 5.41) is 8.79. The van der Waals surface area contributed by atoms with E-state index in [9.17, 15) is 19.0 Å². The van der Waals surface area contributed by atoms with E-state index in [4.69, 9.17) is 29.6 Å². The number of para-hydroxylation sites is 1. The zero-order valence-corrected chi connectivity index (χ0v) is 24.9. The van der Waals surface area contributed by atoms with E-state index < -0.39 is 44.6 Å². The number of nitrogens with two attached hydrogens (primary N) is 1. The first-order chi connectivity index (χ1) is 19.7. The van der Waals surface area contributed by atoms with Crippen molar-refractivity contribution >= 4 is 19.8 Å². The summed E-state index contributed by atoms with van der Waals surface area (Å²) in [7, 11) is -4.65. The Morgan fingerprint density at radius 1 is 1.10 bits per heavy atom. The molecule has 0 bridgehead atoms. The fourth-order valence-corrected chi connectivity index (χ4v) is 5.12. The van der Waals surface area contributed by atoms with Gasteiger partial charge in [-0.25, -0.2) is 4.57 Å². The molecule has 0 amide bonds. The summed E-state index contributed by atoms with van der Waals surface area (Å²) >= 11 is 0. The lowest BCUT2D eigenvalue weighted by atomic mass is 10.1. The van der Waals surface area contributed by atoms with Crippen LogP contribution in [-0.4, -0.2) is 66.6 Å². The largest absolute Gasteiger partial charge is 0.493 e. The zero-order valence-electron chi connectivity index (χ0n) is 24.0. The van der Waals surface area contributed by atoms with E-state index in [1.807, 2.05) is 24.3 Å². The van der Waals surface area contributed by atoms with Crippen molar-refractivity contribution in [2.45, 2.75) is 95.8 Å². The maximum atomic E-state index is 12.5. The average Bonchev–Trinajstić information content (AvgIpc) is 2.95. The van der Waals surface area contributed by atoms with E-state index in [-0.39, 0.29) is 19.6 Å². The van der Waals surface area contributed by atoms with Gasteiger partial charge in [0, 0.05) is 6.42 Å². The van der Waals surface area contributed by atoms with Gasteiger partial charge >= 0.3 is 19.8 Å². The molecular formula is C29H46NO10P. The summed E-state index contributed by atoms with van der Waals surface area (Å²) in [4.78, 5) is 33.2. The Morgan fingerprint density at radius 2 is 1.78 bits per heavy atom. The molecule has 0 fully saturated rings. The molecule has 11 nitrogen and oxygen atoms in total. The molecule has 4 atom stereocenters. The Labute approximate surface area is 242 Å². The number of ether oxygens (including phenoxy) is 3. The fraction of sp³-hybridized carbons (Fsp3) is 0.655. The minimum atomic E-state index is -4.65. The summed E-state index contributed by atoms with van der Waals surface area (Å²) in [5.74, 6) is -1.09. The first kappa shape index (κ1) is 34.9. The number of aryl methyl sites for hydroxylation is 1. The van der Waals surface area contributed by atoms with Gasteiger partial charge in [0.15, 0.2) is 0 Å². The predicted octanol–water partition coefficient (Wildman–Crippen LogP) is 4.94. The van der Waals surface area contributed by atoms with Gasteiger partial charge in [0.25, 0.3) is 0 Å². The molecule has 232 valence electrons. The molecular weight excluding hydrogens is 553 g/mol. The lowest BCUT2D eigenvalue weighted by molar-refractivity contribution is -0.150. The maximum Gasteiger partial charge on any atom is 0.472 e. The van der Waals surface area contributed by atoms with Gasteiger partial charge in [0.2, 0.25) is 0 Å². The van der Waals surface area contributed by atoms with Crippen LogP contribution in [0.25, 0.3) is 0 Å². The number of unbranched alkanes of at least 4 members (excludes halogenated alkanes) is 8. The second kappa shape index (κ2) is 19.8. The van der Waals surface area contributed by atoms with Crippen molar-refractivity contribution in [2.75, 3.05) is 26.4 Å². The van der Waals surface area contributed by atoms with Gasteiger partial charge in [-0.05, 0) is 24.5 Å². The number of benzene rings is 1. The summed E-state index contributed by atoms with van der Waals surface area (Å²) in [5.41, 5.74) is 6.20. The molecule has 1 aliphatic heterocycles. The van der Waals surface area contributed by atoms with Crippen LogP contribution >= 0.6 is 7.82 Å². The van der Waals surface area contributed by atoms with E-state index in [1.54, 1.807) is 6.08 Å². The van der Waals surface area contributed by atoms with Gasteiger partial charge in [-0.1, -0.05) is 88.6 Å². The number of carbonyl (C=O) groups excluding carboxylic acids is 1. The minimum Gasteiger partial charge on any atom is -0.493 e. The van der Waals surface area contributed by atoms with Crippen molar-refractivity contribution < 1.29 is 47.4 Å². The van der Waals surface area contributed by atoms with Crippen LogP contribution in [-0.2, 0) is 39.1 Å². The third-order valence-corrected chi connectivity index (χ3v) is 7.56. The number of carbonyl (C=O) groups is 2. The maximum absolute atomic E-state index is 12.5. The fourth-order valence-electron chi connectivity index (χ4n) is 4.19. The van der Waals surface area contributed by atoms with Crippen molar-refractivity contribution in [3.8, 4) is 5.75 Å². The lowest BCUT2D eigenvalue weighted by Gasteiger charge is -2.28. The summed E-state index contributed by atoms with van der Waals surface area (Å²) < 4.78 is 38.9. The number of phosphoric acid groups is 1. The number of carboxylic acid groups (broad SMARTS) is 1. The normalized spacial score (nSPS) is 18.9. The number of hydrogen-bond acceptors (Lipinski definition) is 9. The number of carboxylic acids is 1. The van der Waals surface area contributed by atoms with E-state index >= 15 is 0 Å². The van der Waals surface area contributed by atoms with E-state index in [2.05, 4.69) is 11.4 Å². The first-order valence-electron chi connectivity index (χ1n) is 14.5. The van der Waals surface area contributed by atoms with E-state index in [0.29, 0.717) is 13.0 Å². The molecule has 0 spiro atoms. The van der Waals surface area contributed by atoms with Crippen molar-refractivity contribution in [2.24, 2.45) is 5.73 Å². The van der Waals surface area contributed by atoms with Crippen LogP contribution in [0.15, 0.2) is 36.4 Å². The van der Waals surface area contributed by atoms with Crippen molar-refractivity contribution in [3.05, 3.63) is 42.0 Å². The van der Waals surface area contributed by atoms with Gasteiger partial charge in [0.05, 0.1) is 19.8 Å². The SMILES string of the molecule is CCCCCCCCCCCOc1ccccc1CCC(=O)OC[C@H]1OCC=C[C@H]1OP(=O)(O)OC[C@H](N)C(=O)O. The Hall–Kier alpha value is -2.27. The predicted molar refractivity (Wildman–Crippen MR) is 154 cm³/mol. The molecule has 0 radical (unpaired) electrons. The Balaban J connectivity index is 1.71. The molecule has 0 aliphatic carbocycles. The van der Waals surface area contributed by atoms with Crippen molar-refractivity contribution in [1.82, 2.24) is 0 Å². The van der Waals surface area contributed by atoms with Crippen LogP contribution in [0.3, 0.4) is 0 Å². The molecule has 2 rings (SSSR count). The van der Waals surface area contributed by atoms with Gasteiger partial charge in [-0.15, -0.1) is 0 Å². The summed E-state index contributed by atoms with van der Waals surface area (Å²) in [6.45, 7) is 2.13. The standard InChI is InChI=1S/C29H46NO10P/c1-2-3-4-5-6-7-8-9-12-19-36-25-15-11-10-14-23(25)17-18-28(31)38-22-27-26(16-13-20-37-27)40-41(34,35)39-21-24(30)29(32)33/h10-11,13-16,24,26-27H,2-9,12,17-22,30H2,1H3,(H,32,33)(H,34,35)/t24-,26+,27+/m0/s1. The molecule has 41 heavy (non-hydrogen) atoms. The quantitative estimate of drug-likeness (QED) is 0.0716. The molecule has 1 heterocycles. The number of hydrogen-bond donors (Lipinski definition) is 3. The zero-order chi connectivity index (χ0) is 29.9. The van der Waals surface area contributed by atoms with E-state index in [0.717, 1.165) is 24.2 Å². The van der Waals surface area contributed by atoms with Crippen molar-refractivity contribution in [1.29, 1.82) is 0 Å². The van der Waals surface area contributed by atoms with Gasteiger partial charge in [0.1, 0.15) is 30.6 Å². The second-order valence-electron chi connectivity index (χ2n) is 10.0. The van der Waals surface area contributed by atoms with Gasteiger partial charge in [-0.2, -0.15) is 0 Å². The number of rotatable bonds is 22. The average molecular weight is 600 g/mol. The van der Waals surface area contributed by atoms with Crippen LogP contribution in [0.2, 0.25) is 0 Å².